The highest BCUT2D eigenvalue weighted by Crippen LogP contribution is 2.32. The first-order chi connectivity index (χ1) is 9.54. The maximum atomic E-state index is 11.7. The van der Waals surface area contributed by atoms with E-state index in [1.165, 1.54) is 7.11 Å². The van der Waals surface area contributed by atoms with Crippen LogP contribution in [0.3, 0.4) is 0 Å². The summed E-state index contributed by atoms with van der Waals surface area (Å²) in [5.74, 6) is -0.206. The Labute approximate surface area is 119 Å². The maximum absolute atomic E-state index is 11.7. The van der Waals surface area contributed by atoms with E-state index in [2.05, 4.69) is 4.74 Å². The minimum atomic E-state index is -0.313. The van der Waals surface area contributed by atoms with Crippen molar-refractivity contribution in [2.24, 2.45) is 11.8 Å². The number of hydrogen-bond acceptors (Lipinski definition) is 5. The second-order valence-corrected chi connectivity index (χ2v) is 5.42. The average Bonchev–Trinajstić information content (AvgIpc) is 2.74. The fraction of sp³-hybridized carbons (Fsp3) is 0.857. The molecule has 1 aliphatic rings. The van der Waals surface area contributed by atoms with Gasteiger partial charge in [0.15, 0.2) is 0 Å². The normalized spacial score (nSPS) is 21.9. The molecule has 20 heavy (non-hydrogen) atoms. The standard InChI is InChI=1S/C14H23NO5/c1-20-14(17)7-5-3-2-4-6-12-11(10-15(18)19)8-9-13(12)16/h11-12H,2-10H2,1H3/t11-,12-/m1/s1. The predicted octanol–water partition coefficient (Wildman–Crippen LogP) is 2.37. The third-order valence-corrected chi connectivity index (χ3v) is 4.00. The zero-order chi connectivity index (χ0) is 15.0. The molecule has 1 rings (SSSR count). The molecule has 2 atom stereocenters. The molecule has 0 aliphatic heterocycles. The van der Waals surface area contributed by atoms with E-state index >= 15 is 0 Å². The molecule has 0 unspecified atom stereocenters. The lowest BCUT2D eigenvalue weighted by molar-refractivity contribution is -0.489. The Morgan fingerprint density at radius 2 is 2.05 bits per heavy atom. The Morgan fingerprint density at radius 3 is 2.70 bits per heavy atom. The Bertz CT molecular complexity index is 355. The van der Waals surface area contributed by atoms with Crippen molar-refractivity contribution >= 4 is 11.8 Å². The van der Waals surface area contributed by atoms with Gasteiger partial charge < -0.3 is 4.74 Å². The van der Waals surface area contributed by atoms with E-state index < -0.39 is 0 Å². The Hall–Kier alpha value is -1.46. The molecule has 0 saturated heterocycles. The Kier molecular flexibility index (Phi) is 7.18. The van der Waals surface area contributed by atoms with Crippen molar-refractivity contribution in [3.8, 4) is 0 Å². The van der Waals surface area contributed by atoms with Crippen molar-refractivity contribution in [1.29, 1.82) is 0 Å². The lowest BCUT2D eigenvalue weighted by Crippen LogP contribution is -2.21. The van der Waals surface area contributed by atoms with Crippen LogP contribution >= 0.6 is 0 Å². The number of nitro groups is 1. The molecule has 1 saturated carbocycles. The van der Waals surface area contributed by atoms with E-state index in [-0.39, 0.29) is 35.1 Å². The molecule has 0 heterocycles. The van der Waals surface area contributed by atoms with E-state index in [1.807, 2.05) is 0 Å². The second-order valence-electron chi connectivity index (χ2n) is 5.42. The smallest absolute Gasteiger partial charge is 0.305 e. The van der Waals surface area contributed by atoms with Crippen LogP contribution in [0.1, 0.15) is 51.4 Å². The summed E-state index contributed by atoms with van der Waals surface area (Å²) in [5, 5.41) is 10.6. The number of carbonyl (C=O) groups excluding carboxylic acids is 2. The van der Waals surface area contributed by atoms with E-state index in [0.29, 0.717) is 19.3 Å². The van der Waals surface area contributed by atoms with Gasteiger partial charge in [-0.2, -0.15) is 0 Å². The summed E-state index contributed by atoms with van der Waals surface area (Å²) >= 11 is 0. The molecule has 0 amide bonds. The zero-order valence-electron chi connectivity index (χ0n) is 12.0. The van der Waals surface area contributed by atoms with E-state index in [4.69, 9.17) is 0 Å². The summed E-state index contributed by atoms with van der Waals surface area (Å²) in [6, 6.07) is 0. The predicted molar refractivity (Wildman–Crippen MR) is 72.8 cm³/mol. The number of ketones is 1. The third-order valence-electron chi connectivity index (χ3n) is 4.00. The topological polar surface area (TPSA) is 86.5 Å². The molecule has 114 valence electrons. The summed E-state index contributed by atoms with van der Waals surface area (Å²) in [5.41, 5.74) is 0. The number of methoxy groups -OCH3 is 1. The molecule has 0 N–H and O–H groups in total. The first-order valence-corrected chi connectivity index (χ1v) is 7.26. The molecule has 6 heteroatoms. The van der Waals surface area contributed by atoms with Crippen LogP contribution in [-0.4, -0.2) is 30.3 Å². The highest BCUT2D eigenvalue weighted by molar-refractivity contribution is 5.83. The minimum absolute atomic E-state index is 0.0763. The molecule has 0 aromatic carbocycles. The fourth-order valence-electron chi connectivity index (χ4n) is 2.87. The van der Waals surface area contributed by atoms with Gasteiger partial charge in [-0.15, -0.1) is 0 Å². The van der Waals surface area contributed by atoms with Gasteiger partial charge in [-0.3, -0.25) is 19.7 Å². The Morgan fingerprint density at radius 1 is 1.35 bits per heavy atom. The van der Waals surface area contributed by atoms with Crippen molar-refractivity contribution in [3.63, 3.8) is 0 Å². The number of unbranched alkanes of at least 4 members (excludes halogenated alkanes) is 3. The van der Waals surface area contributed by atoms with Crippen LogP contribution in [-0.2, 0) is 14.3 Å². The van der Waals surface area contributed by atoms with Crippen molar-refractivity contribution < 1.29 is 19.2 Å². The lowest BCUT2D eigenvalue weighted by atomic mass is 9.90. The van der Waals surface area contributed by atoms with Gasteiger partial charge in [0, 0.05) is 29.6 Å². The van der Waals surface area contributed by atoms with Gasteiger partial charge in [-0.1, -0.05) is 19.3 Å². The molecule has 1 aliphatic carbocycles. The fourth-order valence-corrected chi connectivity index (χ4v) is 2.87. The summed E-state index contributed by atoms with van der Waals surface area (Å²) in [7, 11) is 1.38. The minimum Gasteiger partial charge on any atom is -0.469 e. The highest BCUT2D eigenvalue weighted by atomic mass is 16.6. The number of Topliss-reactive ketones (excluding diaryl/α,β-unsaturated/α-hetero) is 1. The van der Waals surface area contributed by atoms with E-state index in [1.54, 1.807) is 0 Å². The van der Waals surface area contributed by atoms with Crippen molar-refractivity contribution in [2.45, 2.75) is 51.4 Å². The van der Waals surface area contributed by atoms with Crippen molar-refractivity contribution in [2.75, 3.05) is 13.7 Å². The monoisotopic (exact) mass is 285 g/mol. The molecule has 0 aromatic rings. The molecule has 0 spiro atoms. The van der Waals surface area contributed by atoms with Gasteiger partial charge in [-0.05, 0) is 19.3 Å². The van der Waals surface area contributed by atoms with Crippen LogP contribution in [0.5, 0.6) is 0 Å². The average molecular weight is 285 g/mol. The lowest BCUT2D eigenvalue weighted by Gasteiger charge is -2.14. The first kappa shape index (κ1) is 16.6. The van der Waals surface area contributed by atoms with Gasteiger partial charge >= 0.3 is 5.97 Å². The van der Waals surface area contributed by atoms with Crippen LogP contribution < -0.4 is 0 Å². The van der Waals surface area contributed by atoms with Gasteiger partial charge in [0.2, 0.25) is 6.54 Å². The zero-order valence-corrected chi connectivity index (χ0v) is 12.0. The number of esters is 1. The largest absolute Gasteiger partial charge is 0.469 e. The summed E-state index contributed by atoms with van der Waals surface area (Å²) < 4.78 is 4.56. The summed E-state index contributed by atoms with van der Waals surface area (Å²) in [6.07, 6.45) is 5.90. The highest BCUT2D eigenvalue weighted by Gasteiger charge is 2.36. The molecule has 0 radical (unpaired) electrons. The number of carbonyl (C=O) groups is 2. The first-order valence-electron chi connectivity index (χ1n) is 7.26. The summed E-state index contributed by atoms with van der Waals surface area (Å²) in [4.78, 5) is 32.9. The molecular formula is C14H23NO5. The van der Waals surface area contributed by atoms with Crippen LogP contribution in [0.25, 0.3) is 0 Å². The summed E-state index contributed by atoms with van der Waals surface area (Å²) in [6.45, 7) is -0.0846. The number of ether oxygens (including phenoxy) is 1. The van der Waals surface area contributed by atoms with Crippen molar-refractivity contribution in [3.05, 3.63) is 10.1 Å². The van der Waals surface area contributed by atoms with E-state index in [9.17, 15) is 19.7 Å². The SMILES string of the molecule is COC(=O)CCCCCC[C@H]1C(=O)CC[C@@H]1C[N+](=O)[O-]. The van der Waals surface area contributed by atoms with Crippen LogP contribution in [0.4, 0.5) is 0 Å². The maximum Gasteiger partial charge on any atom is 0.305 e. The molecular weight excluding hydrogens is 262 g/mol. The van der Waals surface area contributed by atoms with E-state index in [0.717, 1.165) is 32.1 Å². The molecule has 0 bridgehead atoms. The van der Waals surface area contributed by atoms with Gasteiger partial charge in [-0.25, -0.2) is 0 Å². The number of nitrogens with zero attached hydrogens (tertiary/aromatic N) is 1. The van der Waals surface area contributed by atoms with Crippen molar-refractivity contribution in [1.82, 2.24) is 0 Å². The van der Waals surface area contributed by atoms with Crippen LogP contribution in [0, 0.1) is 22.0 Å². The van der Waals surface area contributed by atoms with Gasteiger partial charge in [0.25, 0.3) is 0 Å². The number of hydrogen-bond donors (Lipinski definition) is 0. The van der Waals surface area contributed by atoms with Crippen LogP contribution in [0.15, 0.2) is 0 Å². The molecule has 1 fully saturated rings. The van der Waals surface area contributed by atoms with Gasteiger partial charge in [0.05, 0.1) is 7.11 Å². The third kappa shape index (κ3) is 5.67. The quantitative estimate of drug-likeness (QED) is 0.281. The second kappa shape index (κ2) is 8.66. The number of rotatable bonds is 9. The van der Waals surface area contributed by atoms with Crippen LogP contribution in [0.2, 0.25) is 0 Å². The van der Waals surface area contributed by atoms with Gasteiger partial charge in [0.1, 0.15) is 5.78 Å². The Balaban J connectivity index is 2.17. The molecule has 0 aromatic heterocycles. The molecule has 6 nitrogen and oxygen atoms in total.